The molecule has 0 bridgehead atoms. The Morgan fingerprint density at radius 2 is 2.18 bits per heavy atom. The first kappa shape index (κ1) is 15.5. The molecule has 6 nitrogen and oxygen atoms in total. The lowest BCUT2D eigenvalue weighted by Gasteiger charge is -2.41. The smallest absolute Gasteiger partial charge is 0.289 e. The van der Waals surface area contributed by atoms with Crippen LogP contribution in [0.15, 0.2) is 22.8 Å². The highest BCUT2D eigenvalue weighted by molar-refractivity contribution is 7.88. The van der Waals surface area contributed by atoms with Gasteiger partial charge in [0.25, 0.3) is 5.91 Å². The molecular formula is C14H19FN2O4S. The van der Waals surface area contributed by atoms with Crippen LogP contribution in [-0.4, -0.2) is 62.1 Å². The molecule has 122 valence electrons. The fourth-order valence-corrected chi connectivity index (χ4v) is 4.31. The number of carbonyl (C=O) groups excluding carboxylic acids is 1. The van der Waals surface area contributed by atoms with Gasteiger partial charge in [-0.1, -0.05) is 0 Å². The molecule has 2 atom stereocenters. The first-order valence-electron chi connectivity index (χ1n) is 7.24. The van der Waals surface area contributed by atoms with Gasteiger partial charge < -0.3 is 9.32 Å². The number of furan rings is 1. The molecule has 0 saturated carbocycles. The van der Waals surface area contributed by atoms with Gasteiger partial charge >= 0.3 is 0 Å². The molecule has 0 aliphatic carbocycles. The Hall–Kier alpha value is -1.41. The van der Waals surface area contributed by atoms with Crippen molar-refractivity contribution in [2.24, 2.45) is 5.41 Å². The maximum atomic E-state index is 14.5. The summed E-state index contributed by atoms with van der Waals surface area (Å²) in [6.45, 7) is 0.972. The maximum absolute atomic E-state index is 14.5. The van der Waals surface area contributed by atoms with Gasteiger partial charge in [-0.15, -0.1) is 0 Å². The summed E-state index contributed by atoms with van der Waals surface area (Å²) in [7, 11) is -3.35. The number of rotatable bonds is 2. The Bertz CT molecular complexity index is 660. The third kappa shape index (κ3) is 2.65. The summed E-state index contributed by atoms with van der Waals surface area (Å²) in [5.41, 5.74) is -0.802. The number of hydrogen-bond acceptors (Lipinski definition) is 4. The highest BCUT2D eigenvalue weighted by atomic mass is 32.2. The largest absolute Gasteiger partial charge is 0.459 e. The second kappa shape index (κ2) is 5.34. The lowest BCUT2D eigenvalue weighted by Crippen LogP contribution is -2.53. The Kier molecular flexibility index (Phi) is 3.76. The minimum atomic E-state index is -3.35. The summed E-state index contributed by atoms with van der Waals surface area (Å²) in [5, 5.41) is 0. The van der Waals surface area contributed by atoms with Crippen molar-refractivity contribution < 1.29 is 22.0 Å². The second-order valence-electron chi connectivity index (χ2n) is 6.17. The summed E-state index contributed by atoms with van der Waals surface area (Å²) in [6, 6.07) is 3.20. The Morgan fingerprint density at radius 1 is 1.41 bits per heavy atom. The standard InChI is InChI=1S/C14H19FN2O4S/c1-22(19,20)17-6-4-12(15)14(10-17)5-7-16(9-14)13(18)11-3-2-8-21-11/h2-3,8,12H,4-7,9-10H2,1H3/t12-,14-/m0/s1. The van der Waals surface area contributed by atoms with Gasteiger partial charge in [0.2, 0.25) is 10.0 Å². The number of amides is 1. The van der Waals surface area contributed by atoms with E-state index in [2.05, 4.69) is 0 Å². The van der Waals surface area contributed by atoms with Crippen LogP contribution in [-0.2, 0) is 10.0 Å². The Balaban J connectivity index is 1.78. The minimum Gasteiger partial charge on any atom is -0.459 e. The Labute approximate surface area is 128 Å². The first-order chi connectivity index (χ1) is 10.3. The molecule has 2 fully saturated rings. The highest BCUT2D eigenvalue weighted by Gasteiger charge is 2.51. The third-order valence-corrected chi connectivity index (χ3v) is 5.91. The third-order valence-electron chi connectivity index (χ3n) is 4.66. The van der Waals surface area contributed by atoms with E-state index in [1.54, 1.807) is 17.0 Å². The van der Waals surface area contributed by atoms with Crippen LogP contribution in [0.3, 0.4) is 0 Å². The van der Waals surface area contributed by atoms with Crippen molar-refractivity contribution in [2.45, 2.75) is 19.0 Å². The molecule has 3 heterocycles. The summed E-state index contributed by atoms with van der Waals surface area (Å²) < 4.78 is 44.4. The normalized spacial score (nSPS) is 30.1. The van der Waals surface area contributed by atoms with Crippen molar-refractivity contribution in [2.75, 3.05) is 32.4 Å². The van der Waals surface area contributed by atoms with Crippen molar-refractivity contribution in [3.05, 3.63) is 24.2 Å². The second-order valence-corrected chi connectivity index (χ2v) is 8.15. The number of halogens is 1. The van der Waals surface area contributed by atoms with Crippen molar-refractivity contribution in [3.63, 3.8) is 0 Å². The van der Waals surface area contributed by atoms with E-state index < -0.39 is 21.6 Å². The van der Waals surface area contributed by atoms with Crippen LogP contribution in [0.5, 0.6) is 0 Å². The molecule has 2 saturated heterocycles. The van der Waals surface area contributed by atoms with E-state index in [4.69, 9.17) is 4.42 Å². The van der Waals surface area contributed by atoms with Gasteiger partial charge in [0.05, 0.1) is 12.5 Å². The number of piperidine rings is 1. The molecule has 2 aliphatic heterocycles. The van der Waals surface area contributed by atoms with Gasteiger partial charge in [-0.25, -0.2) is 17.1 Å². The highest BCUT2D eigenvalue weighted by Crippen LogP contribution is 2.42. The SMILES string of the molecule is CS(=O)(=O)N1CC[C@H](F)[C@]2(CCN(C(=O)c3ccco3)C2)C1. The van der Waals surface area contributed by atoms with Crippen LogP contribution in [0, 0.1) is 5.41 Å². The zero-order chi connectivity index (χ0) is 16.0. The predicted molar refractivity (Wildman–Crippen MR) is 77.6 cm³/mol. The van der Waals surface area contributed by atoms with Crippen molar-refractivity contribution in [1.29, 1.82) is 0 Å². The fourth-order valence-electron chi connectivity index (χ4n) is 3.39. The Morgan fingerprint density at radius 3 is 2.82 bits per heavy atom. The predicted octanol–water partition coefficient (Wildman–Crippen LogP) is 1.12. The van der Waals surface area contributed by atoms with Gasteiger partial charge in [0, 0.05) is 31.6 Å². The molecule has 1 aromatic heterocycles. The number of sulfonamides is 1. The van der Waals surface area contributed by atoms with Crippen LogP contribution in [0.2, 0.25) is 0 Å². The monoisotopic (exact) mass is 330 g/mol. The average molecular weight is 330 g/mol. The lowest BCUT2D eigenvalue weighted by molar-refractivity contribution is 0.0392. The van der Waals surface area contributed by atoms with Crippen LogP contribution >= 0.6 is 0 Å². The molecule has 2 aliphatic rings. The lowest BCUT2D eigenvalue weighted by atomic mass is 9.78. The minimum absolute atomic E-state index is 0.134. The van der Waals surface area contributed by atoms with Crippen molar-refractivity contribution >= 4 is 15.9 Å². The van der Waals surface area contributed by atoms with Crippen LogP contribution in [0.4, 0.5) is 4.39 Å². The van der Waals surface area contributed by atoms with Crippen LogP contribution in [0.1, 0.15) is 23.4 Å². The van der Waals surface area contributed by atoms with Gasteiger partial charge in [0.15, 0.2) is 5.76 Å². The summed E-state index contributed by atoms with van der Waals surface area (Å²) in [6.07, 6.45) is 2.10. The zero-order valence-electron chi connectivity index (χ0n) is 12.4. The summed E-state index contributed by atoms with van der Waals surface area (Å²) in [5.74, 6) is -0.0474. The van der Waals surface area contributed by atoms with Gasteiger partial charge in [-0.3, -0.25) is 4.79 Å². The molecule has 0 radical (unpaired) electrons. The van der Waals surface area contributed by atoms with E-state index in [0.29, 0.717) is 13.0 Å². The number of nitrogens with zero attached hydrogens (tertiary/aromatic N) is 2. The van der Waals surface area contributed by atoms with E-state index in [1.165, 1.54) is 10.6 Å². The summed E-state index contributed by atoms with van der Waals surface area (Å²) in [4.78, 5) is 13.8. The maximum Gasteiger partial charge on any atom is 0.289 e. The fraction of sp³-hybridized carbons (Fsp3) is 0.643. The van der Waals surface area contributed by atoms with Gasteiger partial charge in [0.1, 0.15) is 6.17 Å². The molecule has 0 N–H and O–H groups in total. The van der Waals surface area contributed by atoms with Crippen molar-refractivity contribution in [1.82, 2.24) is 9.21 Å². The van der Waals surface area contributed by atoms with E-state index in [1.807, 2.05) is 0 Å². The summed E-state index contributed by atoms with van der Waals surface area (Å²) >= 11 is 0. The molecule has 1 amide bonds. The molecule has 1 aromatic rings. The molecular weight excluding hydrogens is 311 g/mol. The number of alkyl halides is 1. The first-order valence-corrected chi connectivity index (χ1v) is 9.09. The molecule has 22 heavy (non-hydrogen) atoms. The average Bonchev–Trinajstić information content (AvgIpc) is 3.11. The number of carbonyl (C=O) groups is 1. The van der Waals surface area contributed by atoms with Crippen LogP contribution < -0.4 is 0 Å². The van der Waals surface area contributed by atoms with Crippen LogP contribution in [0.25, 0.3) is 0 Å². The molecule has 0 unspecified atom stereocenters. The zero-order valence-corrected chi connectivity index (χ0v) is 13.2. The topological polar surface area (TPSA) is 70.8 Å². The van der Waals surface area contributed by atoms with E-state index in [0.717, 1.165) is 6.26 Å². The number of hydrogen-bond donors (Lipinski definition) is 0. The molecule has 1 spiro atoms. The van der Waals surface area contributed by atoms with E-state index >= 15 is 0 Å². The van der Waals surface area contributed by atoms with Crippen molar-refractivity contribution in [3.8, 4) is 0 Å². The molecule has 0 aromatic carbocycles. The van der Waals surface area contributed by atoms with E-state index in [-0.39, 0.29) is 37.7 Å². The quantitative estimate of drug-likeness (QED) is 0.814. The molecule has 3 rings (SSSR count). The molecule has 8 heteroatoms. The van der Waals surface area contributed by atoms with Gasteiger partial charge in [-0.2, -0.15) is 0 Å². The number of likely N-dealkylation sites (tertiary alicyclic amines) is 1. The van der Waals surface area contributed by atoms with Gasteiger partial charge in [-0.05, 0) is 25.0 Å². The van der Waals surface area contributed by atoms with E-state index in [9.17, 15) is 17.6 Å².